The molecule has 0 aromatic carbocycles. The minimum Gasteiger partial charge on any atom is -0.444 e. The Hall–Kier alpha value is -1.58. The van der Waals surface area contributed by atoms with Crippen molar-refractivity contribution >= 4 is 6.09 Å². The molecule has 1 amide bonds. The van der Waals surface area contributed by atoms with Crippen LogP contribution in [-0.4, -0.2) is 34.7 Å². The first-order valence-electron chi connectivity index (χ1n) is 7.64. The van der Waals surface area contributed by atoms with Crippen LogP contribution in [0.4, 0.5) is 4.79 Å². The summed E-state index contributed by atoms with van der Waals surface area (Å²) in [5.41, 5.74) is 3.20. The van der Waals surface area contributed by atoms with Gasteiger partial charge in [0.15, 0.2) is 0 Å². The first-order valence-corrected chi connectivity index (χ1v) is 7.64. The summed E-state index contributed by atoms with van der Waals surface area (Å²) in [6.45, 7) is 11.4. The predicted octanol–water partition coefficient (Wildman–Crippen LogP) is 3.50. The van der Waals surface area contributed by atoms with Gasteiger partial charge in [-0.15, -0.1) is 0 Å². The predicted molar refractivity (Wildman–Crippen MR) is 83.3 cm³/mol. The molecule has 1 aliphatic rings. The Morgan fingerprint density at radius 2 is 2.10 bits per heavy atom. The summed E-state index contributed by atoms with van der Waals surface area (Å²) in [6.07, 6.45) is 3.69. The molecule has 0 N–H and O–H groups in total. The molecule has 2 rings (SSSR count). The minimum atomic E-state index is -0.426. The highest BCUT2D eigenvalue weighted by Gasteiger charge is 2.29. The van der Waals surface area contributed by atoms with Gasteiger partial charge in [0.25, 0.3) is 0 Å². The van der Waals surface area contributed by atoms with Gasteiger partial charge in [-0.2, -0.15) is 0 Å². The van der Waals surface area contributed by atoms with Crippen LogP contribution in [0.3, 0.4) is 0 Å². The normalized spacial score (nSPS) is 18.9. The van der Waals surface area contributed by atoms with Crippen LogP contribution < -0.4 is 0 Å². The highest BCUT2D eigenvalue weighted by Crippen LogP contribution is 2.22. The van der Waals surface area contributed by atoms with Gasteiger partial charge < -0.3 is 9.64 Å². The number of carbonyl (C=O) groups excluding carboxylic acids is 1. The molecule has 2 heterocycles. The number of rotatable bonds is 2. The molecule has 1 unspecified atom stereocenters. The highest BCUT2D eigenvalue weighted by molar-refractivity contribution is 5.68. The topological polar surface area (TPSA) is 42.4 Å². The largest absolute Gasteiger partial charge is 0.444 e. The third-order valence-corrected chi connectivity index (χ3v) is 3.86. The molecule has 4 nitrogen and oxygen atoms in total. The zero-order valence-corrected chi connectivity index (χ0v) is 13.8. The van der Waals surface area contributed by atoms with Gasteiger partial charge in [0.2, 0.25) is 0 Å². The van der Waals surface area contributed by atoms with Gasteiger partial charge in [0.1, 0.15) is 5.60 Å². The lowest BCUT2D eigenvalue weighted by molar-refractivity contribution is 0.0288. The molecule has 116 valence electrons. The average Bonchev–Trinajstić information content (AvgIpc) is 2.80. The second kappa shape index (κ2) is 6.04. The Labute approximate surface area is 127 Å². The van der Waals surface area contributed by atoms with Crippen molar-refractivity contribution in [2.24, 2.45) is 5.92 Å². The van der Waals surface area contributed by atoms with Crippen LogP contribution in [0.15, 0.2) is 12.3 Å². The van der Waals surface area contributed by atoms with Crippen LogP contribution in [0.25, 0.3) is 0 Å². The Morgan fingerprint density at radius 3 is 2.71 bits per heavy atom. The minimum absolute atomic E-state index is 0.196. The first kappa shape index (κ1) is 15.8. The summed E-state index contributed by atoms with van der Waals surface area (Å²) in [4.78, 5) is 18.4. The van der Waals surface area contributed by atoms with Crippen molar-refractivity contribution in [3.63, 3.8) is 0 Å². The van der Waals surface area contributed by atoms with Gasteiger partial charge in [-0.3, -0.25) is 4.98 Å². The summed E-state index contributed by atoms with van der Waals surface area (Å²) < 4.78 is 5.43. The van der Waals surface area contributed by atoms with E-state index in [2.05, 4.69) is 24.9 Å². The van der Waals surface area contributed by atoms with E-state index in [1.165, 1.54) is 11.1 Å². The molecule has 1 aromatic heterocycles. The second-order valence-electron chi connectivity index (χ2n) is 7.05. The van der Waals surface area contributed by atoms with Crippen LogP contribution in [0.1, 0.15) is 44.0 Å². The molecule has 0 bridgehead atoms. The number of hydrogen-bond donors (Lipinski definition) is 0. The Kier molecular flexibility index (Phi) is 4.55. The molecule has 0 aliphatic carbocycles. The number of pyridine rings is 1. The van der Waals surface area contributed by atoms with E-state index in [-0.39, 0.29) is 6.09 Å². The van der Waals surface area contributed by atoms with Crippen LogP contribution in [0.2, 0.25) is 0 Å². The Bertz CT molecular complexity index is 520. The first-order chi connectivity index (χ1) is 9.74. The average molecular weight is 290 g/mol. The maximum atomic E-state index is 12.0. The van der Waals surface area contributed by atoms with Crippen molar-refractivity contribution in [3.8, 4) is 0 Å². The van der Waals surface area contributed by atoms with E-state index in [4.69, 9.17) is 4.74 Å². The fraction of sp³-hybridized carbons (Fsp3) is 0.647. The van der Waals surface area contributed by atoms with E-state index < -0.39 is 5.60 Å². The number of carbonyl (C=O) groups is 1. The van der Waals surface area contributed by atoms with Crippen LogP contribution in [0.5, 0.6) is 0 Å². The van der Waals surface area contributed by atoms with Gasteiger partial charge in [0.05, 0.1) is 0 Å². The molecule has 0 spiro atoms. The van der Waals surface area contributed by atoms with Crippen LogP contribution in [-0.2, 0) is 11.2 Å². The van der Waals surface area contributed by atoms with Crippen LogP contribution in [0, 0.1) is 19.8 Å². The summed E-state index contributed by atoms with van der Waals surface area (Å²) in [5, 5.41) is 0. The smallest absolute Gasteiger partial charge is 0.410 e. The fourth-order valence-corrected chi connectivity index (χ4v) is 2.58. The van der Waals surface area contributed by atoms with Crippen molar-refractivity contribution in [1.29, 1.82) is 0 Å². The Balaban J connectivity index is 1.90. The summed E-state index contributed by atoms with van der Waals surface area (Å²) in [6, 6.07) is 2.16. The molecule has 1 aromatic rings. The molecule has 0 saturated carbocycles. The number of aryl methyl sites for hydroxylation is 2. The quantitative estimate of drug-likeness (QED) is 0.837. The zero-order valence-electron chi connectivity index (χ0n) is 13.8. The van der Waals surface area contributed by atoms with E-state index in [1.807, 2.05) is 31.9 Å². The third kappa shape index (κ3) is 4.45. The van der Waals surface area contributed by atoms with E-state index in [9.17, 15) is 4.79 Å². The van der Waals surface area contributed by atoms with Gasteiger partial charge in [-0.05, 0) is 70.6 Å². The molecular formula is C17H26N2O2. The van der Waals surface area contributed by atoms with E-state index in [1.54, 1.807) is 0 Å². The lowest BCUT2D eigenvalue weighted by atomic mass is 10.0. The monoisotopic (exact) mass is 290 g/mol. The molecule has 21 heavy (non-hydrogen) atoms. The molecule has 4 heteroatoms. The van der Waals surface area contributed by atoms with Gasteiger partial charge in [-0.25, -0.2) is 4.79 Å². The van der Waals surface area contributed by atoms with E-state index >= 15 is 0 Å². The zero-order chi connectivity index (χ0) is 15.6. The molecule has 0 radical (unpaired) electrons. The number of ether oxygens (including phenoxy) is 1. The number of nitrogens with zero attached hydrogens (tertiary/aromatic N) is 2. The van der Waals surface area contributed by atoms with Crippen molar-refractivity contribution in [2.45, 2.75) is 53.1 Å². The maximum Gasteiger partial charge on any atom is 0.410 e. The molecule has 1 fully saturated rings. The molecular weight excluding hydrogens is 264 g/mol. The number of likely N-dealkylation sites (tertiary alicyclic amines) is 1. The molecule has 1 atom stereocenters. The van der Waals surface area contributed by atoms with E-state index in [0.717, 1.165) is 31.6 Å². The lowest BCUT2D eigenvalue weighted by Gasteiger charge is -2.24. The van der Waals surface area contributed by atoms with E-state index in [0.29, 0.717) is 5.92 Å². The Morgan fingerprint density at radius 1 is 1.38 bits per heavy atom. The highest BCUT2D eigenvalue weighted by atomic mass is 16.6. The van der Waals surface area contributed by atoms with Gasteiger partial charge in [-0.1, -0.05) is 0 Å². The SMILES string of the molecule is Cc1cnc(CC2CCN(C(=O)OC(C)(C)C)C2)cc1C. The molecule has 1 saturated heterocycles. The van der Waals surface area contributed by atoms with Gasteiger partial charge >= 0.3 is 6.09 Å². The number of aromatic nitrogens is 1. The van der Waals surface area contributed by atoms with Crippen LogP contribution >= 0.6 is 0 Å². The van der Waals surface area contributed by atoms with Crippen molar-refractivity contribution in [3.05, 3.63) is 29.1 Å². The number of amides is 1. The second-order valence-corrected chi connectivity index (χ2v) is 7.05. The standard InChI is InChI=1S/C17H26N2O2/c1-12-8-15(18-10-13(12)2)9-14-6-7-19(11-14)16(20)21-17(3,4)5/h8,10,14H,6-7,9,11H2,1-5H3. The molecule has 1 aliphatic heterocycles. The lowest BCUT2D eigenvalue weighted by Crippen LogP contribution is -2.35. The summed E-state index contributed by atoms with van der Waals surface area (Å²) in [7, 11) is 0. The third-order valence-electron chi connectivity index (χ3n) is 3.86. The maximum absolute atomic E-state index is 12.0. The summed E-state index contributed by atoms with van der Waals surface area (Å²) in [5.74, 6) is 0.479. The van der Waals surface area contributed by atoms with Crippen molar-refractivity contribution in [1.82, 2.24) is 9.88 Å². The number of hydrogen-bond acceptors (Lipinski definition) is 3. The van der Waals surface area contributed by atoms with Crippen molar-refractivity contribution < 1.29 is 9.53 Å². The van der Waals surface area contributed by atoms with Gasteiger partial charge in [0, 0.05) is 25.0 Å². The summed E-state index contributed by atoms with van der Waals surface area (Å²) >= 11 is 0. The fourth-order valence-electron chi connectivity index (χ4n) is 2.58. The van der Waals surface area contributed by atoms with Crippen molar-refractivity contribution in [2.75, 3.05) is 13.1 Å².